The predicted octanol–water partition coefficient (Wildman–Crippen LogP) is 5.62. The highest BCUT2D eigenvalue weighted by molar-refractivity contribution is 5.89. The van der Waals surface area contributed by atoms with Gasteiger partial charge in [0.05, 0.1) is 18.7 Å². The van der Waals surface area contributed by atoms with Gasteiger partial charge in [-0.2, -0.15) is 0 Å². The second-order valence-electron chi connectivity index (χ2n) is 7.33. The van der Waals surface area contributed by atoms with E-state index in [0.29, 0.717) is 31.7 Å². The van der Waals surface area contributed by atoms with Crippen LogP contribution in [-0.2, 0) is 22.4 Å². The van der Waals surface area contributed by atoms with E-state index in [1.54, 1.807) is 11.8 Å². The first-order chi connectivity index (χ1) is 14.6. The lowest BCUT2D eigenvalue weighted by Crippen LogP contribution is -2.39. The lowest BCUT2D eigenvalue weighted by Gasteiger charge is -2.27. The van der Waals surface area contributed by atoms with Crippen LogP contribution in [0.5, 0.6) is 0 Å². The van der Waals surface area contributed by atoms with Crippen LogP contribution in [0.15, 0.2) is 54.6 Å². The highest BCUT2D eigenvalue weighted by Gasteiger charge is 2.23. The third kappa shape index (κ3) is 7.54. The predicted molar refractivity (Wildman–Crippen MR) is 118 cm³/mol. The Morgan fingerprint density at radius 1 is 0.900 bits per heavy atom. The molecule has 0 saturated heterocycles. The van der Waals surface area contributed by atoms with Crippen molar-refractivity contribution >= 4 is 12.1 Å². The molecular weight excluding hydrogens is 378 g/mol. The Bertz CT molecular complexity index is 773. The van der Waals surface area contributed by atoms with Crippen LogP contribution < -0.4 is 0 Å². The van der Waals surface area contributed by atoms with Gasteiger partial charge in [-0.15, -0.1) is 0 Å². The lowest BCUT2D eigenvalue weighted by molar-refractivity contribution is 0.0151. The molecule has 162 valence electrons. The van der Waals surface area contributed by atoms with Crippen molar-refractivity contribution < 1.29 is 19.1 Å². The Balaban J connectivity index is 2.08. The molecule has 0 saturated carbocycles. The maximum absolute atomic E-state index is 12.7. The molecule has 0 spiro atoms. The number of benzene rings is 2. The van der Waals surface area contributed by atoms with Gasteiger partial charge in [-0.05, 0) is 43.0 Å². The number of rotatable bonds is 11. The average molecular weight is 412 g/mol. The maximum atomic E-state index is 12.7. The zero-order chi connectivity index (χ0) is 21.8. The number of aryl methyl sites for hydroxylation is 1. The van der Waals surface area contributed by atoms with Crippen LogP contribution in [0.25, 0.3) is 0 Å². The first kappa shape index (κ1) is 23.5. The smallest absolute Gasteiger partial charge is 0.410 e. The van der Waals surface area contributed by atoms with Gasteiger partial charge in [0, 0.05) is 6.54 Å². The Hall–Kier alpha value is -2.82. The van der Waals surface area contributed by atoms with Crippen molar-refractivity contribution in [2.45, 2.75) is 59.1 Å². The van der Waals surface area contributed by atoms with Crippen LogP contribution >= 0.6 is 0 Å². The SMILES string of the molecule is CCCc1ccc(C(=O)OC(CCC)CN(Cc2ccccc2)C(=O)OCC)cc1. The topological polar surface area (TPSA) is 55.8 Å². The van der Waals surface area contributed by atoms with Crippen molar-refractivity contribution in [1.29, 1.82) is 0 Å². The van der Waals surface area contributed by atoms with E-state index in [2.05, 4.69) is 6.92 Å². The van der Waals surface area contributed by atoms with E-state index in [9.17, 15) is 9.59 Å². The number of carbonyl (C=O) groups is 2. The molecule has 0 heterocycles. The van der Waals surface area contributed by atoms with Crippen molar-refractivity contribution in [1.82, 2.24) is 4.90 Å². The van der Waals surface area contributed by atoms with Gasteiger partial charge >= 0.3 is 12.1 Å². The van der Waals surface area contributed by atoms with Crippen molar-refractivity contribution in [2.24, 2.45) is 0 Å². The summed E-state index contributed by atoms with van der Waals surface area (Å²) in [7, 11) is 0. The highest BCUT2D eigenvalue weighted by atomic mass is 16.6. The minimum atomic E-state index is -0.401. The highest BCUT2D eigenvalue weighted by Crippen LogP contribution is 2.14. The molecule has 0 radical (unpaired) electrons. The molecule has 2 rings (SSSR count). The van der Waals surface area contributed by atoms with E-state index in [4.69, 9.17) is 9.47 Å². The maximum Gasteiger partial charge on any atom is 0.410 e. The first-order valence-corrected chi connectivity index (χ1v) is 10.8. The van der Waals surface area contributed by atoms with Crippen LogP contribution in [0.1, 0.15) is 61.5 Å². The minimum Gasteiger partial charge on any atom is -0.457 e. The number of esters is 1. The number of hydrogen-bond donors (Lipinski definition) is 0. The van der Waals surface area contributed by atoms with Gasteiger partial charge in [0.25, 0.3) is 0 Å². The Morgan fingerprint density at radius 3 is 2.20 bits per heavy atom. The van der Waals surface area contributed by atoms with E-state index in [0.717, 1.165) is 24.8 Å². The van der Waals surface area contributed by atoms with Crippen molar-refractivity contribution in [2.75, 3.05) is 13.2 Å². The summed E-state index contributed by atoms with van der Waals surface area (Å²) in [6, 6.07) is 17.3. The molecule has 30 heavy (non-hydrogen) atoms. The lowest BCUT2D eigenvalue weighted by atomic mass is 10.1. The van der Waals surface area contributed by atoms with Gasteiger partial charge in [-0.1, -0.05) is 69.2 Å². The Morgan fingerprint density at radius 2 is 1.60 bits per heavy atom. The van der Waals surface area contributed by atoms with Gasteiger partial charge in [0.15, 0.2) is 0 Å². The summed E-state index contributed by atoms with van der Waals surface area (Å²) >= 11 is 0. The third-order valence-electron chi connectivity index (χ3n) is 4.78. The number of nitrogens with zero attached hydrogens (tertiary/aromatic N) is 1. The normalized spacial score (nSPS) is 11.6. The van der Waals surface area contributed by atoms with Crippen molar-refractivity contribution in [3.63, 3.8) is 0 Å². The van der Waals surface area contributed by atoms with Crippen molar-refractivity contribution in [3.8, 4) is 0 Å². The van der Waals surface area contributed by atoms with Gasteiger partial charge in [-0.3, -0.25) is 0 Å². The molecule has 2 aromatic rings. The van der Waals surface area contributed by atoms with Crippen molar-refractivity contribution in [3.05, 3.63) is 71.3 Å². The number of hydrogen-bond acceptors (Lipinski definition) is 4. The van der Waals surface area contributed by atoms with Crippen LogP contribution in [-0.4, -0.2) is 36.2 Å². The second kappa shape index (κ2) is 12.7. The molecule has 0 aliphatic rings. The molecule has 0 fully saturated rings. The number of ether oxygens (including phenoxy) is 2. The van der Waals surface area contributed by atoms with E-state index >= 15 is 0 Å². The zero-order valence-electron chi connectivity index (χ0n) is 18.3. The molecule has 0 bridgehead atoms. The minimum absolute atomic E-state index is 0.293. The van der Waals surface area contributed by atoms with E-state index < -0.39 is 12.2 Å². The van der Waals surface area contributed by atoms with Crippen LogP contribution in [0.4, 0.5) is 4.79 Å². The average Bonchev–Trinajstić information content (AvgIpc) is 2.75. The molecule has 0 aliphatic heterocycles. The van der Waals surface area contributed by atoms with Gasteiger partial charge < -0.3 is 14.4 Å². The fraction of sp³-hybridized carbons (Fsp3) is 0.440. The number of amides is 1. The van der Waals surface area contributed by atoms with Crippen LogP contribution in [0, 0.1) is 0 Å². The Kier molecular flexibility index (Phi) is 9.92. The molecule has 0 N–H and O–H groups in total. The molecule has 0 aliphatic carbocycles. The number of carbonyl (C=O) groups excluding carboxylic acids is 2. The molecule has 1 amide bonds. The van der Waals surface area contributed by atoms with E-state index in [-0.39, 0.29) is 5.97 Å². The quantitative estimate of drug-likeness (QED) is 0.450. The molecular formula is C25H33NO4. The largest absolute Gasteiger partial charge is 0.457 e. The monoisotopic (exact) mass is 411 g/mol. The summed E-state index contributed by atoms with van der Waals surface area (Å²) in [5, 5.41) is 0. The molecule has 1 unspecified atom stereocenters. The van der Waals surface area contributed by atoms with E-state index in [1.807, 2.05) is 61.5 Å². The van der Waals surface area contributed by atoms with Crippen LogP contribution in [0.2, 0.25) is 0 Å². The van der Waals surface area contributed by atoms with Gasteiger partial charge in [0.2, 0.25) is 0 Å². The summed E-state index contributed by atoms with van der Waals surface area (Å²) in [5.41, 5.74) is 2.73. The summed E-state index contributed by atoms with van der Waals surface area (Å²) < 4.78 is 11.0. The van der Waals surface area contributed by atoms with Crippen LogP contribution in [0.3, 0.4) is 0 Å². The Labute approximate surface area is 180 Å². The molecule has 0 aromatic heterocycles. The summed E-state index contributed by atoms with van der Waals surface area (Å²) in [4.78, 5) is 26.8. The molecule has 5 nitrogen and oxygen atoms in total. The second-order valence-corrected chi connectivity index (χ2v) is 7.33. The van der Waals surface area contributed by atoms with E-state index in [1.165, 1.54) is 5.56 Å². The molecule has 2 aromatic carbocycles. The first-order valence-electron chi connectivity index (χ1n) is 10.8. The zero-order valence-corrected chi connectivity index (χ0v) is 18.3. The third-order valence-corrected chi connectivity index (χ3v) is 4.78. The standard InChI is InChI=1S/C25H33NO4/c1-4-10-20-14-16-22(17-15-20)24(27)30-23(11-5-2)19-26(25(28)29-6-3)18-21-12-8-7-9-13-21/h7-9,12-17,23H,4-6,10-11,18-19H2,1-3H3. The fourth-order valence-electron chi connectivity index (χ4n) is 3.29. The molecule has 1 atom stereocenters. The van der Waals surface area contributed by atoms with Gasteiger partial charge in [-0.25, -0.2) is 9.59 Å². The van der Waals surface area contributed by atoms with Gasteiger partial charge in [0.1, 0.15) is 6.10 Å². The summed E-state index contributed by atoms with van der Waals surface area (Å²) in [5.74, 6) is -0.361. The molecule has 5 heteroatoms. The fourth-order valence-corrected chi connectivity index (χ4v) is 3.29. The summed E-state index contributed by atoms with van der Waals surface area (Å²) in [6.45, 7) is 6.94. The summed E-state index contributed by atoms with van der Waals surface area (Å²) in [6.07, 6.45) is 2.77.